The minimum atomic E-state index is -0.143. The van der Waals surface area contributed by atoms with Crippen molar-refractivity contribution in [2.45, 2.75) is 58.8 Å². The van der Waals surface area contributed by atoms with Gasteiger partial charge in [0.25, 0.3) is 0 Å². The highest BCUT2D eigenvalue weighted by molar-refractivity contribution is 5.98. The molecule has 1 aliphatic rings. The maximum absolute atomic E-state index is 12.6. The zero-order chi connectivity index (χ0) is 21.1. The van der Waals surface area contributed by atoms with Gasteiger partial charge < -0.3 is 15.0 Å². The third-order valence-corrected chi connectivity index (χ3v) is 5.19. The zero-order valence-corrected chi connectivity index (χ0v) is 17.7. The van der Waals surface area contributed by atoms with Crippen molar-refractivity contribution in [2.24, 2.45) is 5.92 Å². The lowest BCUT2D eigenvalue weighted by Gasteiger charge is -2.32. The fourth-order valence-electron chi connectivity index (χ4n) is 3.43. The molecule has 1 unspecified atom stereocenters. The summed E-state index contributed by atoms with van der Waals surface area (Å²) < 4.78 is 5.52. The largest absolute Gasteiger partial charge is 0.494 e. The highest BCUT2D eigenvalue weighted by Gasteiger charge is 2.28. The van der Waals surface area contributed by atoms with Gasteiger partial charge in [0, 0.05) is 38.0 Å². The predicted molar refractivity (Wildman–Crippen MR) is 113 cm³/mol. The van der Waals surface area contributed by atoms with E-state index in [9.17, 15) is 14.4 Å². The van der Waals surface area contributed by atoms with Gasteiger partial charge in [-0.15, -0.1) is 0 Å². The number of Topliss-reactive ketones (excluding diaryl/α,β-unsaturated/α-hetero) is 1. The molecule has 1 N–H and O–H groups in total. The molecule has 0 saturated carbocycles. The van der Waals surface area contributed by atoms with Crippen molar-refractivity contribution < 1.29 is 19.1 Å². The van der Waals surface area contributed by atoms with Gasteiger partial charge >= 0.3 is 0 Å². The molecule has 2 amide bonds. The number of amides is 2. The first-order valence-electron chi connectivity index (χ1n) is 10.9. The first-order chi connectivity index (χ1) is 14.0. The number of nitrogens with zero attached hydrogens (tertiary/aromatic N) is 1. The van der Waals surface area contributed by atoms with E-state index in [2.05, 4.69) is 12.2 Å². The minimum absolute atomic E-state index is 0.0393. The maximum Gasteiger partial charge on any atom is 0.224 e. The highest BCUT2D eigenvalue weighted by Crippen LogP contribution is 2.19. The normalized spacial score (nSPS) is 16.3. The number of unbranched alkanes of at least 4 members (excludes halogenated alkanes) is 1. The third kappa shape index (κ3) is 7.52. The molecule has 1 aliphatic heterocycles. The Balaban J connectivity index is 1.78. The van der Waals surface area contributed by atoms with Gasteiger partial charge in [-0.2, -0.15) is 0 Å². The number of carbonyl (C=O) groups is 3. The molecule has 1 atom stereocenters. The molecule has 29 heavy (non-hydrogen) atoms. The smallest absolute Gasteiger partial charge is 0.224 e. The summed E-state index contributed by atoms with van der Waals surface area (Å²) in [5.74, 6) is 0.544. The van der Waals surface area contributed by atoms with Gasteiger partial charge in [-0.3, -0.25) is 14.4 Å². The summed E-state index contributed by atoms with van der Waals surface area (Å²) in [6, 6.07) is 7.07. The first kappa shape index (κ1) is 22.9. The highest BCUT2D eigenvalue weighted by atomic mass is 16.5. The van der Waals surface area contributed by atoms with Crippen molar-refractivity contribution >= 4 is 17.6 Å². The Morgan fingerprint density at radius 2 is 1.86 bits per heavy atom. The SMILES string of the molecule is CCCCNC(=O)C1CCCN(C(=O)CCC(=O)c2ccc(OCCC)cc2)C1. The van der Waals surface area contributed by atoms with E-state index in [0.29, 0.717) is 31.8 Å². The second-order valence-corrected chi connectivity index (χ2v) is 7.62. The van der Waals surface area contributed by atoms with Crippen LogP contribution in [-0.2, 0) is 9.59 Å². The number of benzene rings is 1. The van der Waals surface area contributed by atoms with E-state index in [1.807, 2.05) is 6.92 Å². The van der Waals surface area contributed by atoms with Crippen LogP contribution in [0.15, 0.2) is 24.3 Å². The molecule has 1 saturated heterocycles. The van der Waals surface area contributed by atoms with Crippen LogP contribution in [0, 0.1) is 5.92 Å². The Hall–Kier alpha value is -2.37. The van der Waals surface area contributed by atoms with E-state index >= 15 is 0 Å². The van der Waals surface area contributed by atoms with Gasteiger partial charge in [0.15, 0.2) is 5.78 Å². The molecule has 6 heteroatoms. The lowest BCUT2D eigenvalue weighted by atomic mass is 9.96. The summed E-state index contributed by atoms with van der Waals surface area (Å²) in [7, 11) is 0. The van der Waals surface area contributed by atoms with E-state index in [1.54, 1.807) is 29.2 Å². The first-order valence-corrected chi connectivity index (χ1v) is 10.9. The Kier molecular flexibility index (Phi) is 9.68. The van der Waals surface area contributed by atoms with E-state index in [0.717, 1.165) is 37.9 Å². The molecule has 0 spiro atoms. The number of piperidine rings is 1. The lowest BCUT2D eigenvalue weighted by Crippen LogP contribution is -2.45. The molecule has 1 heterocycles. The number of carbonyl (C=O) groups excluding carboxylic acids is 3. The number of hydrogen-bond acceptors (Lipinski definition) is 4. The average molecular weight is 403 g/mol. The number of ether oxygens (including phenoxy) is 1. The Morgan fingerprint density at radius 3 is 2.55 bits per heavy atom. The van der Waals surface area contributed by atoms with Crippen molar-refractivity contribution in [3.8, 4) is 5.75 Å². The fraction of sp³-hybridized carbons (Fsp3) is 0.609. The quantitative estimate of drug-likeness (QED) is 0.453. The second-order valence-electron chi connectivity index (χ2n) is 7.62. The standard InChI is InChI=1S/C23H34N2O4/c1-3-5-14-24-23(28)19-7-6-15-25(17-19)22(27)13-12-21(26)18-8-10-20(11-9-18)29-16-4-2/h8-11,19H,3-7,12-17H2,1-2H3,(H,24,28). The van der Waals surface area contributed by atoms with Crippen molar-refractivity contribution in [1.29, 1.82) is 0 Å². The summed E-state index contributed by atoms with van der Waals surface area (Å²) in [5, 5.41) is 2.96. The van der Waals surface area contributed by atoms with Crippen molar-refractivity contribution in [3.63, 3.8) is 0 Å². The molecule has 160 valence electrons. The topological polar surface area (TPSA) is 75.7 Å². The number of nitrogens with one attached hydrogen (secondary N) is 1. The van der Waals surface area contributed by atoms with E-state index < -0.39 is 0 Å². The summed E-state index contributed by atoms with van der Waals surface area (Å²) in [6.07, 6.45) is 4.93. The monoisotopic (exact) mass is 402 g/mol. The predicted octanol–water partition coefficient (Wildman–Crippen LogP) is 3.59. The van der Waals surface area contributed by atoms with Crippen LogP contribution in [-0.4, -0.2) is 48.7 Å². The van der Waals surface area contributed by atoms with Crippen LogP contribution in [0.5, 0.6) is 5.75 Å². The third-order valence-electron chi connectivity index (χ3n) is 5.19. The molecular formula is C23H34N2O4. The van der Waals surface area contributed by atoms with Crippen LogP contribution in [0.3, 0.4) is 0 Å². The molecule has 0 aromatic heterocycles. The Morgan fingerprint density at radius 1 is 1.10 bits per heavy atom. The molecule has 0 bridgehead atoms. The molecule has 6 nitrogen and oxygen atoms in total. The Bertz CT molecular complexity index is 672. The number of hydrogen-bond donors (Lipinski definition) is 1. The fourth-order valence-corrected chi connectivity index (χ4v) is 3.43. The summed E-state index contributed by atoms with van der Waals surface area (Å²) >= 11 is 0. The molecular weight excluding hydrogens is 368 g/mol. The van der Waals surface area contributed by atoms with Gasteiger partial charge in [-0.1, -0.05) is 20.3 Å². The maximum atomic E-state index is 12.6. The number of likely N-dealkylation sites (tertiary alicyclic amines) is 1. The van der Waals surface area contributed by atoms with Gasteiger partial charge in [0.1, 0.15) is 5.75 Å². The summed E-state index contributed by atoms with van der Waals surface area (Å²) in [6.45, 7) is 6.58. The molecule has 1 fully saturated rings. The average Bonchev–Trinajstić information content (AvgIpc) is 2.76. The molecule has 0 aliphatic carbocycles. The zero-order valence-electron chi connectivity index (χ0n) is 17.7. The van der Waals surface area contributed by atoms with Crippen LogP contribution in [0.25, 0.3) is 0 Å². The van der Waals surface area contributed by atoms with Crippen LogP contribution >= 0.6 is 0 Å². The van der Waals surface area contributed by atoms with Crippen LogP contribution in [0.1, 0.15) is 69.2 Å². The number of rotatable bonds is 11. The van der Waals surface area contributed by atoms with Crippen molar-refractivity contribution in [3.05, 3.63) is 29.8 Å². The van der Waals surface area contributed by atoms with E-state index in [4.69, 9.17) is 4.74 Å². The molecule has 2 rings (SSSR count). The van der Waals surface area contributed by atoms with E-state index in [-0.39, 0.29) is 36.4 Å². The molecule has 1 aromatic rings. The van der Waals surface area contributed by atoms with Crippen LogP contribution < -0.4 is 10.1 Å². The Labute approximate surface area is 174 Å². The van der Waals surface area contributed by atoms with Crippen LogP contribution in [0.2, 0.25) is 0 Å². The minimum Gasteiger partial charge on any atom is -0.494 e. The van der Waals surface area contributed by atoms with Crippen LogP contribution in [0.4, 0.5) is 0 Å². The summed E-state index contributed by atoms with van der Waals surface area (Å²) in [5.41, 5.74) is 0.591. The van der Waals surface area contributed by atoms with Crippen molar-refractivity contribution in [1.82, 2.24) is 10.2 Å². The van der Waals surface area contributed by atoms with Gasteiger partial charge in [0.2, 0.25) is 11.8 Å². The van der Waals surface area contributed by atoms with Gasteiger partial charge in [-0.05, 0) is 49.9 Å². The van der Waals surface area contributed by atoms with Crippen molar-refractivity contribution in [2.75, 3.05) is 26.2 Å². The van der Waals surface area contributed by atoms with E-state index in [1.165, 1.54) is 0 Å². The van der Waals surface area contributed by atoms with Gasteiger partial charge in [0.05, 0.1) is 12.5 Å². The number of ketones is 1. The summed E-state index contributed by atoms with van der Waals surface area (Å²) in [4.78, 5) is 39.0. The molecule has 1 aromatic carbocycles. The second kappa shape index (κ2) is 12.2. The lowest BCUT2D eigenvalue weighted by molar-refractivity contribution is -0.135. The molecule has 0 radical (unpaired) electrons. The van der Waals surface area contributed by atoms with Gasteiger partial charge in [-0.25, -0.2) is 0 Å².